The summed E-state index contributed by atoms with van der Waals surface area (Å²) in [5, 5.41) is 4.72. The fourth-order valence-electron chi connectivity index (χ4n) is 4.73. The number of fused-ring (bicyclic) bond motifs is 1. The Morgan fingerprint density at radius 2 is 1.78 bits per heavy atom. The van der Waals surface area contributed by atoms with Crippen LogP contribution in [0.2, 0.25) is 0 Å². The van der Waals surface area contributed by atoms with Crippen molar-refractivity contribution in [2.75, 3.05) is 6.54 Å². The van der Waals surface area contributed by atoms with E-state index in [1.807, 2.05) is 42.6 Å². The Morgan fingerprint density at radius 3 is 2.59 bits per heavy atom. The molecule has 5 nitrogen and oxygen atoms in total. The summed E-state index contributed by atoms with van der Waals surface area (Å²) in [5.74, 6) is -1.76. The maximum atomic E-state index is 14.0. The first-order valence-corrected chi connectivity index (χ1v) is 12.1. The standard InChI is InChI=1S/C30H26F2N4O/c31-23-13-19(14-24(32)17-23)15-28(34-12-10-22-18-36-27-9-2-1-7-25(22)27)29-26(8-4-11-35-29)20-5-3-6-21(16-20)30(33)37/h1-9,11,13-14,16-18,28,34,36H,10,12,15H2,(H2,33,37). The van der Waals surface area contributed by atoms with Crippen LogP contribution in [0.15, 0.2) is 91.3 Å². The summed E-state index contributed by atoms with van der Waals surface area (Å²) in [6, 6.07) is 22.1. The highest BCUT2D eigenvalue weighted by Gasteiger charge is 2.20. The van der Waals surface area contributed by atoms with E-state index in [1.54, 1.807) is 24.4 Å². The molecule has 2 heterocycles. The molecule has 1 atom stereocenters. The second-order valence-corrected chi connectivity index (χ2v) is 8.98. The number of primary amides is 1. The van der Waals surface area contributed by atoms with Gasteiger partial charge in [-0.1, -0.05) is 36.4 Å². The summed E-state index contributed by atoms with van der Waals surface area (Å²) in [6.45, 7) is 0.613. The predicted molar refractivity (Wildman–Crippen MR) is 141 cm³/mol. The number of aromatic nitrogens is 2. The van der Waals surface area contributed by atoms with Crippen LogP contribution in [0.3, 0.4) is 0 Å². The number of nitrogens with one attached hydrogen (secondary N) is 2. The second kappa shape index (κ2) is 10.7. The Kier molecular flexibility index (Phi) is 7.05. The zero-order valence-corrected chi connectivity index (χ0v) is 20.0. The average Bonchev–Trinajstić information content (AvgIpc) is 3.31. The normalized spacial score (nSPS) is 12.1. The van der Waals surface area contributed by atoms with E-state index in [2.05, 4.69) is 21.4 Å². The molecule has 0 aliphatic rings. The van der Waals surface area contributed by atoms with E-state index in [-0.39, 0.29) is 6.04 Å². The van der Waals surface area contributed by atoms with Crippen LogP contribution >= 0.6 is 0 Å². The molecule has 0 aliphatic heterocycles. The molecule has 0 bridgehead atoms. The van der Waals surface area contributed by atoms with Crippen molar-refractivity contribution >= 4 is 16.8 Å². The zero-order valence-electron chi connectivity index (χ0n) is 20.0. The number of nitrogens with zero attached hydrogens (tertiary/aromatic N) is 1. The quantitative estimate of drug-likeness (QED) is 0.244. The molecule has 3 aromatic carbocycles. The molecule has 186 valence electrons. The predicted octanol–water partition coefficient (Wildman–Crippen LogP) is 5.72. The molecule has 0 spiro atoms. The Morgan fingerprint density at radius 1 is 0.973 bits per heavy atom. The molecule has 7 heteroatoms. The first kappa shape index (κ1) is 24.3. The molecule has 0 saturated heterocycles. The topological polar surface area (TPSA) is 83.8 Å². The van der Waals surface area contributed by atoms with Crippen LogP contribution in [0.25, 0.3) is 22.0 Å². The molecular formula is C30H26F2N4O. The van der Waals surface area contributed by atoms with E-state index >= 15 is 0 Å². The SMILES string of the molecule is NC(=O)c1cccc(-c2cccnc2C(Cc2cc(F)cc(F)c2)NCCc2c[nH]c3ccccc23)c1. The average molecular weight is 497 g/mol. The highest BCUT2D eigenvalue weighted by molar-refractivity contribution is 5.94. The lowest BCUT2D eigenvalue weighted by atomic mass is 9.94. The van der Waals surface area contributed by atoms with Gasteiger partial charge >= 0.3 is 0 Å². The molecule has 0 aliphatic carbocycles. The van der Waals surface area contributed by atoms with Crippen molar-refractivity contribution in [2.24, 2.45) is 5.73 Å². The van der Waals surface area contributed by atoms with Crippen LogP contribution in [-0.4, -0.2) is 22.4 Å². The first-order valence-electron chi connectivity index (χ1n) is 12.1. The number of halogens is 2. The lowest BCUT2D eigenvalue weighted by Gasteiger charge is -2.22. The number of hydrogen-bond acceptors (Lipinski definition) is 3. The van der Waals surface area contributed by atoms with E-state index in [1.165, 1.54) is 17.7 Å². The minimum absolute atomic E-state index is 0.322. The number of rotatable bonds is 9. The van der Waals surface area contributed by atoms with Crippen molar-refractivity contribution in [3.05, 3.63) is 125 Å². The number of amides is 1. The molecular weight excluding hydrogens is 470 g/mol. The molecule has 0 radical (unpaired) electrons. The van der Waals surface area contributed by atoms with Gasteiger partial charge in [-0.25, -0.2) is 8.78 Å². The Bertz CT molecular complexity index is 1540. The fraction of sp³-hybridized carbons (Fsp3) is 0.133. The van der Waals surface area contributed by atoms with Crippen molar-refractivity contribution in [3.63, 3.8) is 0 Å². The lowest BCUT2D eigenvalue weighted by Crippen LogP contribution is -2.27. The Balaban J connectivity index is 1.47. The Labute approximate surface area is 213 Å². The lowest BCUT2D eigenvalue weighted by molar-refractivity contribution is 0.100. The van der Waals surface area contributed by atoms with Gasteiger partial charge < -0.3 is 16.0 Å². The van der Waals surface area contributed by atoms with Crippen molar-refractivity contribution in [3.8, 4) is 11.1 Å². The summed E-state index contributed by atoms with van der Waals surface area (Å²) >= 11 is 0. The zero-order chi connectivity index (χ0) is 25.8. The van der Waals surface area contributed by atoms with E-state index in [9.17, 15) is 13.6 Å². The molecule has 5 aromatic rings. The number of aromatic amines is 1. The van der Waals surface area contributed by atoms with Crippen LogP contribution < -0.4 is 11.1 Å². The maximum absolute atomic E-state index is 14.0. The number of pyridine rings is 1. The summed E-state index contributed by atoms with van der Waals surface area (Å²) in [4.78, 5) is 19.7. The molecule has 5 rings (SSSR count). The molecule has 2 aromatic heterocycles. The smallest absolute Gasteiger partial charge is 0.248 e. The van der Waals surface area contributed by atoms with E-state index < -0.39 is 17.5 Å². The Hall–Kier alpha value is -4.36. The van der Waals surface area contributed by atoms with Gasteiger partial charge in [0.15, 0.2) is 0 Å². The van der Waals surface area contributed by atoms with E-state index in [0.29, 0.717) is 29.8 Å². The van der Waals surface area contributed by atoms with E-state index in [0.717, 1.165) is 34.5 Å². The molecule has 1 unspecified atom stereocenters. The van der Waals surface area contributed by atoms with Crippen LogP contribution in [0, 0.1) is 11.6 Å². The monoisotopic (exact) mass is 496 g/mol. The third-order valence-corrected chi connectivity index (χ3v) is 6.45. The molecule has 37 heavy (non-hydrogen) atoms. The summed E-state index contributed by atoms with van der Waals surface area (Å²) in [6.07, 6.45) is 4.77. The van der Waals surface area contributed by atoms with Crippen molar-refractivity contribution in [1.29, 1.82) is 0 Å². The number of nitrogens with two attached hydrogens (primary N) is 1. The number of carbonyl (C=O) groups is 1. The van der Waals surface area contributed by atoms with Gasteiger partial charge in [-0.3, -0.25) is 9.78 Å². The van der Waals surface area contributed by atoms with Gasteiger partial charge in [-0.15, -0.1) is 0 Å². The fourth-order valence-corrected chi connectivity index (χ4v) is 4.73. The van der Waals surface area contributed by atoms with Gasteiger partial charge in [0.25, 0.3) is 0 Å². The van der Waals surface area contributed by atoms with Crippen molar-refractivity contribution in [1.82, 2.24) is 15.3 Å². The van der Waals surface area contributed by atoms with Crippen LogP contribution in [0.1, 0.15) is 33.2 Å². The summed E-state index contributed by atoms with van der Waals surface area (Å²) in [5.41, 5.74) is 11.0. The van der Waals surface area contributed by atoms with Gasteiger partial charge in [0.1, 0.15) is 11.6 Å². The van der Waals surface area contributed by atoms with Crippen molar-refractivity contribution in [2.45, 2.75) is 18.9 Å². The van der Waals surface area contributed by atoms with Gasteiger partial charge in [-0.05, 0) is 72.5 Å². The minimum Gasteiger partial charge on any atom is -0.366 e. The first-order chi connectivity index (χ1) is 18.0. The largest absolute Gasteiger partial charge is 0.366 e. The van der Waals surface area contributed by atoms with Crippen LogP contribution in [0.4, 0.5) is 8.78 Å². The second-order valence-electron chi connectivity index (χ2n) is 8.98. The number of benzene rings is 3. The summed E-state index contributed by atoms with van der Waals surface area (Å²) < 4.78 is 28.0. The minimum atomic E-state index is -0.622. The van der Waals surface area contributed by atoms with Gasteiger partial charge in [-0.2, -0.15) is 0 Å². The third kappa shape index (κ3) is 5.57. The number of carbonyl (C=O) groups excluding carboxylic acids is 1. The molecule has 0 saturated carbocycles. The molecule has 4 N–H and O–H groups in total. The summed E-state index contributed by atoms with van der Waals surface area (Å²) in [7, 11) is 0. The highest BCUT2D eigenvalue weighted by atomic mass is 19.1. The molecule has 0 fully saturated rings. The van der Waals surface area contributed by atoms with Crippen molar-refractivity contribution < 1.29 is 13.6 Å². The third-order valence-electron chi connectivity index (χ3n) is 6.45. The number of H-pyrrole nitrogens is 1. The van der Waals surface area contributed by atoms with Crippen LogP contribution in [-0.2, 0) is 12.8 Å². The van der Waals surface area contributed by atoms with Gasteiger partial charge in [0, 0.05) is 40.5 Å². The number of para-hydroxylation sites is 1. The van der Waals surface area contributed by atoms with Gasteiger partial charge in [0.05, 0.1) is 11.7 Å². The maximum Gasteiger partial charge on any atom is 0.248 e. The highest BCUT2D eigenvalue weighted by Crippen LogP contribution is 2.30. The molecule has 1 amide bonds. The number of hydrogen-bond donors (Lipinski definition) is 3. The van der Waals surface area contributed by atoms with E-state index in [4.69, 9.17) is 5.73 Å². The van der Waals surface area contributed by atoms with Gasteiger partial charge in [0.2, 0.25) is 5.91 Å². The van der Waals surface area contributed by atoms with Crippen LogP contribution in [0.5, 0.6) is 0 Å².